The van der Waals surface area contributed by atoms with Crippen molar-refractivity contribution >= 4 is 21.5 Å². The van der Waals surface area contributed by atoms with Gasteiger partial charge in [0, 0.05) is 12.1 Å². The Bertz CT molecular complexity index is 847. The minimum Gasteiger partial charge on any atom is -0.497 e. The largest absolute Gasteiger partial charge is 0.497 e. The number of sulfonamides is 1. The van der Waals surface area contributed by atoms with E-state index in [1.54, 1.807) is 18.3 Å². The molecule has 26 heavy (non-hydrogen) atoms. The van der Waals surface area contributed by atoms with Gasteiger partial charge in [-0.3, -0.25) is 4.72 Å². The maximum Gasteiger partial charge on any atom is 0.266 e. The van der Waals surface area contributed by atoms with Crippen LogP contribution in [0.2, 0.25) is 0 Å². The fourth-order valence-corrected chi connectivity index (χ4v) is 4.20. The Balaban J connectivity index is 1.74. The number of pyridine rings is 1. The van der Waals surface area contributed by atoms with E-state index in [9.17, 15) is 8.42 Å². The van der Waals surface area contributed by atoms with Crippen LogP contribution < -0.4 is 19.5 Å². The minimum absolute atomic E-state index is 0.0238. The van der Waals surface area contributed by atoms with Crippen molar-refractivity contribution in [2.75, 3.05) is 24.3 Å². The average Bonchev–Trinajstić information content (AvgIpc) is 3.15. The second-order valence-electron chi connectivity index (χ2n) is 6.18. The lowest BCUT2D eigenvalue weighted by atomic mass is 10.2. The Kier molecular flexibility index (Phi) is 5.51. The van der Waals surface area contributed by atoms with Gasteiger partial charge in [-0.2, -0.15) is 0 Å². The Morgan fingerprint density at radius 3 is 2.46 bits per heavy atom. The van der Waals surface area contributed by atoms with Gasteiger partial charge in [-0.1, -0.05) is 12.8 Å². The van der Waals surface area contributed by atoms with Gasteiger partial charge in [-0.15, -0.1) is 0 Å². The van der Waals surface area contributed by atoms with E-state index < -0.39 is 10.0 Å². The Labute approximate surface area is 153 Å². The van der Waals surface area contributed by atoms with Gasteiger partial charge in [0.05, 0.1) is 26.1 Å². The van der Waals surface area contributed by atoms with E-state index in [1.165, 1.54) is 39.2 Å². The van der Waals surface area contributed by atoms with Crippen LogP contribution in [0.4, 0.5) is 11.5 Å². The second kappa shape index (κ2) is 7.82. The summed E-state index contributed by atoms with van der Waals surface area (Å²) >= 11 is 0. The van der Waals surface area contributed by atoms with Crippen LogP contribution in [0, 0.1) is 0 Å². The molecule has 0 amide bonds. The Hall–Kier alpha value is -2.48. The summed E-state index contributed by atoms with van der Waals surface area (Å²) in [6.07, 6.45) is 6.44. The van der Waals surface area contributed by atoms with E-state index in [4.69, 9.17) is 9.47 Å². The van der Waals surface area contributed by atoms with E-state index >= 15 is 0 Å². The van der Waals surface area contributed by atoms with Crippen molar-refractivity contribution in [1.82, 2.24) is 4.98 Å². The van der Waals surface area contributed by atoms with E-state index in [1.807, 2.05) is 6.07 Å². The molecule has 1 aliphatic rings. The molecule has 140 valence electrons. The van der Waals surface area contributed by atoms with Crippen molar-refractivity contribution in [2.24, 2.45) is 0 Å². The number of hydrogen-bond donors (Lipinski definition) is 2. The molecule has 0 atom stereocenters. The van der Waals surface area contributed by atoms with E-state index in [2.05, 4.69) is 15.0 Å². The number of nitrogens with zero attached hydrogens (tertiary/aromatic N) is 1. The van der Waals surface area contributed by atoms with Crippen molar-refractivity contribution in [1.29, 1.82) is 0 Å². The Morgan fingerprint density at radius 1 is 1.08 bits per heavy atom. The molecule has 1 saturated carbocycles. The summed E-state index contributed by atoms with van der Waals surface area (Å²) in [6, 6.07) is 8.48. The van der Waals surface area contributed by atoms with Gasteiger partial charge in [0.1, 0.15) is 22.2 Å². The highest BCUT2D eigenvalue weighted by molar-refractivity contribution is 7.92. The van der Waals surface area contributed by atoms with Crippen molar-refractivity contribution < 1.29 is 17.9 Å². The summed E-state index contributed by atoms with van der Waals surface area (Å²) in [4.78, 5) is 4.23. The van der Waals surface area contributed by atoms with Crippen molar-refractivity contribution in [3.05, 3.63) is 36.5 Å². The Morgan fingerprint density at radius 2 is 1.85 bits per heavy atom. The van der Waals surface area contributed by atoms with Gasteiger partial charge >= 0.3 is 0 Å². The highest BCUT2D eigenvalue weighted by atomic mass is 32.2. The molecular weight excluding hydrogens is 354 g/mol. The zero-order valence-corrected chi connectivity index (χ0v) is 15.7. The van der Waals surface area contributed by atoms with E-state index in [0.29, 0.717) is 11.8 Å². The highest BCUT2D eigenvalue weighted by Crippen LogP contribution is 2.29. The van der Waals surface area contributed by atoms with Crippen LogP contribution in [-0.2, 0) is 10.0 Å². The molecule has 0 unspecified atom stereocenters. The molecule has 0 aliphatic heterocycles. The molecule has 0 bridgehead atoms. The summed E-state index contributed by atoms with van der Waals surface area (Å²) in [5.41, 5.74) is 0.891. The fourth-order valence-electron chi connectivity index (χ4n) is 3.04. The van der Waals surface area contributed by atoms with Gasteiger partial charge in [-0.05, 0) is 37.1 Å². The van der Waals surface area contributed by atoms with Gasteiger partial charge in [0.25, 0.3) is 10.0 Å². The minimum atomic E-state index is -3.83. The second-order valence-corrected chi connectivity index (χ2v) is 7.83. The lowest BCUT2D eigenvalue weighted by molar-refractivity contribution is 0.386. The lowest BCUT2D eigenvalue weighted by Gasteiger charge is -2.14. The number of benzene rings is 1. The third kappa shape index (κ3) is 4.19. The number of ether oxygens (including phenoxy) is 2. The maximum atomic E-state index is 12.7. The van der Waals surface area contributed by atoms with Crippen LogP contribution in [0.5, 0.6) is 11.5 Å². The van der Waals surface area contributed by atoms with Crippen molar-refractivity contribution in [2.45, 2.75) is 36.6 Å². The molecule has 1 aliphatic carbocycles. The predicted octanol–water partition coefficient (Wildman–Crippen LogP) is 3.25. The van der Waals surface area contributed by atoms with Gasteiger partial charge in [0.15, 0.2) is 0 Å². The van der Waals surface area contributed by atoms with Crippen LogP contribution >= 0.6 is 0 Å². The van der Waals surface area contributed by atoms with Crippen molar-refractivity contribution in [3.63, 3.8) is 0 Å². The first-order valence-electron chi connectivity index (χ1n) is 8.49. The molecular formula is C18H23N3O4S. The van der Waals surface area contributed by atoms with Gasteiger partial charge in [0.2, 0.25) is 0 Å². The predicted molar refractivity (Wildman–Crippen MR) is 100 cm³/mol. The topological polar surface area (TPSA) is 89.6 Å². The molecule has 1 fully saturated rings. The first-order chi connectivity index (χ1) is 12.5. The summed E-state index contributed by atoms with van der Waals surface area (Å²) in [6.45, 7) is 0. The number of methoxy groups -OCH3 is 2. The molecule has 7 nitrogen and oxygen atoms in total. The molecule has 1 aromatic heterocycles. The number of anilines is 2. The maximum absolute atomic E-state index is 12.7. The number of nitrogens with one attached hydrogen (secondary N) is 2. The first-order valence-corrected chi connectivity index (χ1v) is 9.97. The molecule has 8 heteroatoms. The zero-order chi connectivity index (χ0) is 18.6. The van der Waals surface area contributed by atoms with Gasteiger partial charge in [-0.25, -0.2) is 13.4 Å². The molecule has 2 aromatic rings. The number of aromatic nitrogens is 1. The van der Waals surface area contributed by atoms with E-state index in [-0.39, 0.29) is 16.5 Å². The fraction of sp³-hybridized carbons (Fsp3) is 0.389. The third-order valence-electron chi connectivity index (χ3n) is 4.39. The number of hydrogen-bond acceptors (Lipinski definition) is 6. The quantitative estimate of drug-likeness (QED) is 0.770. The van der Waals surface area contributed by atoms with Crippen LogP contribution in [0.25, 0.3) is 0 Å². The summed E-state index contributed by atoms with van der Waals surface area (Å²) in [5.74, 6) is 0.970. The molecule has 1 aromatic carbocycles. The smallest absolute Gasteiger partial charge is 0.266 e. The van der Waals surface area contributed by atoms with Crippen LogP contribution in [0.3, 0.4) is 0 Å². The monoisotopic (exact) mass is 377 g/mol. The molecule has 3 rings (SSSR count). The SMILES string of the molecule is COc1ccc(S(=O)(=O)Nc2ccc(NC3CCCC3)cn2)c(OC)c1. The highest BCUT2D eigenvalue weighted by Gasteiger charge is 2.21. The zero-order valence-electron chi connectivity index (χ0n) is 14.9. The molecule has 0 radical (unpaired) electrons. The third-order valence-corrected chi connectivity index (χ3v) is 5.78. The number of rotatable bonds is 7. The normalized spacial score (nSPS) is 14.8. The van der Waals surface area contributed by atoms with Crippen molar-refractivity contribution in [3.8, 4) is 11.5 Å². The lowest BCUT2D eigenvalue weighted by Crippen LogP contribution is -2.16. The van der Waals surface area contributed by atoms with Gasteiger partial charge < -0.3 is 14.8 Å². The average molecular weight is 377 g/mol. The standard InChI is InChI=1S/C18H23N3O4S/c1-24-15-8-9-17(16(11-15)25-2)26(22,23)21-18-10-7-14(12-19-18)20-13-5-3-4-6-13/h7-13,20H,3-6H2,1-2H3,(H,19,21). The van der Waals surface area contributed by atoms with E-state index in [0.717, 1.165) is 18.5 Å². The van der Waals surface area contributed by atoms with Crippen LogP contribution in [0.15, 0.2) is 41.4 Å². The summed E-state index contributed by atoms with van der Waals surface area (Å²) in [7, 11) is -0.911. The molecule has 0 saturated heterocycles. The molecule has 1 heterocycles. The molecule has 0 spiro atoms. The first kappa shape index (κ1) is 18.3. The summed E-state index contributed by atoms with van der Waals surface area (Å²) in [5, 5.41) is 3.42. The molecule has 2 N–H and O–H groups in total. The summed E-state index contributed by atoms with van der Waals surface area (Å²) < 4.78 is 38.1. The van der Waals surface area contributed by atoms with Crippen LogP contribution in [0.1, 0.15) is 25.7 Å². The van der Waals surface area contributed by atoms with Crippen LogP contribution in [-0.4, -0.2) is 33.7 Å².